The van der Waals surface area contributed by atoms with Crippen molar-refractivity contribution in [3.63, 3.8) is 0 Å². The summed E-state index contributed by atoms with van der Waals surface area (Å²) in [4.78, 5) is 4.49. The number of aromatic nitrogens is 4. The van der Waals surface area contributed by atoms with Crippen molar-refractivity contribution in [2.24, 2.45) is 7.05 Å². The second kappa shape index (κ2) is 3.60. The zero-order valence-electron chi connectivity index (χ0n) is 10.7. The van der Waals surface area contributed by atoms with E-state index in [1.165, 1.54) is 18.4 Å². The fraction of sp³-hybridized carbons (Fsp3) is 0.286. The van der Waals surface area contributed by atoms with E-state index in [1.807, 2.05) is 19.4 Å². The molecule has 2 heterocycles. The first-order chi connectivity index (χ1) is 9.22. The molecule has 1 aliphatic carbocycles. The second-order valence-corrected chi connectivity index (χ2v) is 5.16. The monoisotopic (exact) mass is 253 g/mol. The largest absolute Gasteiger partial charge is 0.384 e. The van der Waals surface area contributed by atoms with E-state index in [1.54, 1.807) is 4.68 Å². The number of imidazole rings is 1. The van der Waals surface area contributed by atoms with Gasteiger partial charge in [0.2, 0.25) is 0 Å². The molecule has 0 saturated heterocycles. The third-order valence-corrected chi connectivity index (χ3v) is 3.73. The molecule has 1 aromatic carbocycles. The molecular formula is C14H15N5. The highest BCUT2D eigenvalue weighted by Gasteiger charge is 2.24. The Morgan fingerprint density at radius 3 is 2.79 bits per heavy atom. The van der Waals surface area contributed by atoms with Gasteiger partial charge in [-0.2, -0.15) is 5.10 Å². The van der Waals surface area contributed by atoms with Gasteiger partial charge in [-0.15, -0.1) is 0 Å². The van der Waals surface area contributed by atoms with Gasteiger partial charge in [0.05, 0.1) is 23.1 Å². The molecule has 0 atom stereocenters. The number of benzene rings is 1. The number of nitrogen functional groups attached to an aromatic ring is 1. The van der Waals surface area contributed by atoms with E-state index in [2.05, 4.69) is 32.8 Å². The van der Waals surface area contributed by atoms with Crippen LogP contribution in [0, 0.1) is 0 Å². The van der Waals surface area contributed by atoms with Crippen LogP contribution >= 0.6 is 0 Å². The van der Waals surface area contributed by atoms with Crippen LogP contribution in [-0.4, -0.2) is 19.3 Å². The highest BCUT2D eigenvalue weighted by Crippen LogP contribution is 2.37. The minimum Gasteiger partial charge on any atom is -0.384 e. The number of anilines is 1. The summed E-state index contributed by atoms with van der Waals surface area (Å²) in [6, 6.07) is 8.84. The Balaban J connectivity index is 1.83. The van der Waals surface area contributed by atoms with Gasteiger partial charge in [-0.05, 0) is 25.0 Å². The molecule has 0 aliphatic heterocycles. The molecule has 4 rings (SSSR count). The van der Waals surface area contributed by atoms with E-state index in [0.29, 0.717) is 11.9 Å². The molecule has 1 aliphatic rings. The van der Waals surface area contributed by atoms with Crippen LogP contribution in [0.1, 0.15) is 18.9 Å². The standard InChI is InChI=1S/C14H15N5/c1-18-14(15)7-11(17-18)9-2-5-13-12(6-9)16-8-19(13)10-3-4-10/h2,5-8,10H,3-4,15H2,1H3. The van der Waals surface area contributed by atoms with Gasteiger partial charge < -0.3 is 10.3 Å². The van der Waals surface area contributed by atoms with Crippen molar-refractivity contribution in [3.05, 3.63) is 30.6 Å². The minimum atomic E-state index is 0.654. The maximum absolute atomic E-state index is 5.82. The van der Waals surface area contributed by atoms with E-state index in [-0.39, 0.29) is 0 Å². The van der Waals surface area contributed by atoms with Gasteiger partial charge in [0.15, 0.2) is 0 Å². The van der Waals surface area contributed by atoms with Crippen LogP contribution in [0.5, 0.6) is 0 Å². The Kier molecular flexibility index (Phi) is 2.01. The van der Waals surface area contributed by atoms with Crippen LogP contribution < -0.4 is 5.73 Å². The Bertz CT molecular complexity index is 744. The fourth-order valence-corrected chi connectivity index (χ4v) is 2.46. The lowest BCUT2D eigenvalue weighted by Crippen LogP contribution is -1.96. The van der Waals surface area contributed by atoms with Crippen molar-refractivity contribution in [1.82, 2.24) is 19.3 Å². The summed E-state index contributed by atoms with van der Waals surface area (Å²) < 4.78 is 3.95. The topological polar surface area (TPSA) is 61.7 Å². The van der Waals surface area contributed by atoms with Crippen LogP contribution in [0.4, 0.5) is 5.82 Å². The normalized spacial score (nSPS) is 15.2. The Hall–Kier alpha value is -2.30. The zero-order valence-corrected chi connectivity index (χ0v) is 10.7. The summed E-state index contributed by atoms with van der Waals surface area (Å²) in [6.07, 6.45) is 4.48. The van der Waals surface area contributed by atoms with Gasteiger partial charge in [0.25, 0.3) is 0 Å². The Morgan fingerprint density at radius 2 is 2.11 bits per heavy atom. The first kappa shape index (κ1) is 10.6. The summed E-state index contributed by atoms with van der Waals surface area (Å²) in [6.45, 7) is 0. The number of rotatable bonds is 2. The molecule has 0 spiro atoms. The van der Waals surface area contributed by atoms with E-state index in [0.717, 1.165) is 16.8 Å². The molecule has 0 unspecified atom stereocenters. The molecular weight excluding hydrogens is 238 g/mol. The first-order valence-corrected chi connectivity index (χ1v) is 6.49. The lowest BCUT2D eigenvalue weighted by molar-refractivity contribution is 0.766. The van der Waals surface area contributed by atoms with Crippen molar-refractivity contribution in [2.45, 2.75) is 18.9 Å². The molecule has 5 nitrogen and oxygen atoms in total. The van der Waals surface area contributed by atoms with E-state index >= 15 is 0 Å². The third kappa shape index (κ3) is 1.62. The lowest BCUT2D eigenvalue weighted by Gasteiger charge is -2.01. The Labute approximate surface area is 110 Å². The molecule has 5 heteroatoms. The zero-order chi connectivity index (χ0) is 13.0. The van der Waals surface area contributed by atoms with Crippen LogP contribution in [0.15, 0.2) is 30.6 Å². The summed E-state index contributed by atoms with van der Waals surface area (Å²) >= 11 is 0. The number of hydrogen-bond acceptors (Lipinski definition) is 3. The number of nitrogens with two attached hydrogens (primary N) is 1. The van der Waals surface area contributed by atoms with Gasteiger partial charge in [-0.3, -0.25) is 4.68 Å². The number of aryl methyl sites for hydroxylation is 1. The van der Waals surface area contributed by atoms with Gasteiger partial charge in [-0.1, -0.05) is 6.07 Å². The maximum atomic E-state index is 5.82. The quantitative estimate of drug-likeness (QED) is 0.762. The van der Waals surface area contributed by atoms with Gasteiger partial charge >= 0.3 is 0 Å². The first-order valence-electron chi connectivity index (χ1n) is 6.49. The summed E-state index contributed by atoms with van der Waals surface area (Å²) in [5.74, 6) is 0.665. The maximum Gasteiger partial charge on any atom is 0.121 e. The second-order valence-electron chi connectivity index (χ2n) is 5.16. The molecule has 0 bridgehead atoms. The van der Waals surface area contributed by atoms with Crippen molar-refractivity contribution in [1.29, 1.82) is 0 Å². The molecule has 2 aromatic heterocycles. The number of fused-ring (bicyclic) bond motifs is 1. The highest BCUT2D eigenvalue weighted by molar-refractivity contribution is 5.81. The van der Waals surface area contributed by atoms with Crippen LogP contribution in [0.2, 0.25) is 0 Å². The SMILES string of the molecule is Cn1nc(-c2ccc3c(c2)ncn3C2CC2)cc1N. The average Bonchev–Trinajstić information content (AvgIpc) is 3.08. The fourth-order valence-electron chi connectivity index (χ4n) is 2.46. The van der Waals surface area contributed by atoms with Crippen molar-refractivity contribution in [3.8, 4) is 11.3 Å². The minimum absolute atomic E-state index is 0.654. The summed E-state index contributed by atoms with van der Waals surface area (Å²) in [5, 5.41) is 4.40. The highest BCUT2D eigenvalue weighted by atomic mass is 15.3. The molecule has 0 amide bonds. The van der Waals surface area contributed by atoms with Crippen molar-refractivity contribution in [2.75, 3.05) is 5.73 Å². The molecule has 1 fully saturated rings. The number of nitrogens with zero attached hydrogens (tertiary/aromatic N) is 4. The average molecular weight is 253 g/mol. The van der Waals surface area contributed by atoms with Crippen molar-refractivity contribution < 1.29 is 0 Å². The van der Waals surface area contributed by atoms with Crippen LogP contribution in [0.3, 0.4) is 0 Å². The molecule has 1 saturated carbocycles. The number of hydrogen-bond donors (Lipinski definition) is 1. The van der Waals surface area contributed by atoms with Gasteiger partial charge in [0, 0.05) is 24.7 Å². The van der Waals surface area contributed by atoms with E-state index < -0.39 is 0 Å². The predicted molar refractivity (Wildman–Crippen MR) is 74.6 cm³/mol. The molecule has 0 radical (unpaired) electrons. The summed E-state index contributed by atoms with van der Waals surface area (Å²) in [7, 11) is 1.85. The smallest absolute Gasteiger partial charge is 0.121 e. The van der Waals surface area contributed by atoms with E-state index in [4.69, 9.17) is 5.73 Å². The molecule has 96 valence electrons. The van der Waals surface area contributed by atoms with Gasteiger partial charge in [-0.25, -0.2) is 4.98 Å². The predicted octanol–water partition coefficient (Wildman–Crippen LogP) is 2.35. The van der Waals surface area contributed by atoms with Crippen molar-refractivity contribution >= 4 is 16.9 Å². The summed E-state index contributed by atoms with van der Waals surface area (Å²) in [5.41, 5.74) is 10.00. The molecule has 2 N–H and O–H groups in total. The Morgan fingerprint density at radius 1 is 1.26 bits per heavy atom. The molecule has 19 heavy (non-hydrogen) atoms. The van der Waals surface area contributed by atoms with E-state index in [9.17, 15) is 0 Å². The van der Waals surface area contributed by atoms with Crippen LogP contribution in [0.25, 0.3) is 22.3 Å². The molecule has 3 aromatic rings. The third-order valence-electron chi connectivity index (χ3n) is 3.73. The lowest BCUT2D eigenvalue weighted by atomic mass is 10.1. The van der Waals surface area contributed by atoms with Crippen LogP contribution in [-0.2, 0) is 7.05 Å². The van der Waals surface area contributed by atoms with Gasteiger partial charge in [0.1, 0.15) is 5.82 Å².